The van der Waals surface area contributed by atoms with E-state index in [4.69, 9.17) is 0 Å². The van der Waals surface area contributed by atoms with E-state index in [1.807, 2.05) is 97.1 Å². The number of para-hydroxylation sites is 4. The highest BCUT2D eigenvalue weighted by Crippen LogP contribution is 2.57. The summed E-state index contributed by atoms with van der Waals surface area (Å²) in [5.74, 6) is 0. The third kappa shape index (κ3) is 6.65. The number of nitrogens with zero attached hydrogens (tertiary/aromatic N) is 18. The minimum Gasteiger partial charge on any atom is -0.340 e. The molecule has 0 bridgehead atoms. The van der Waals surface area contributed by atoms with Crippen LogP contribution in [0.4, 0.5) is 45.5 Å². The Morgan fingerprint density at radius 3 is 1.08 bits per heavy atom. The maximum Gasteiger partial charge on any atom is 0.0554 e. The molecule has 0 saturated carbocycles. The topological polar surface area (TPSA) is 254 Å². The van der Waals surface area contributed by atoms with Crippen molar-refractivity contribution in [3.63, 3.8) is 0 Å². The van der Waals surface area contributed by atoms with Crippen LogP contribution in [0, 0.1) is 0 Å². The normalized spacial score (nSPS) is 14.2. The average Bonchev–Trinajstić information content (AvgIpc) is 3.33. The van der Waals surface area contributed by atoms with Gasteiger partial charge in [0.05, 0.1) is 34.1 Å². The van der Waals surface area contributed by atoms with Crippen LogP contribution in [-0.4, -0.2) is 39.3 Å². The molecule has 3 aliphatic heterocycles. The van der Waals surface area contributed by atoms with Crippen LogP contribution in [0.15, 0.2) is 169 Å². The largest absolute Gasteiger partial charge is 0.340 e. The summed E-state index contributed by atoms with van der Waals surface area (Å²) < 4.78 is 0. The van der Waals surface area contributed by atoms with Crippen molar-refractivity contribution in [2.24, 2.45) is 25.6 Å². The molecule has 0 fully saturated rings. The number of anilines is 8. The van der Waals surface area contributed by atoms with Crippen molar-refractivity contribution in [1.82, 2.24) is 0 Å². The fraction of sp³-hybridized carbons (Fsp3) is 0.182. The van der Waals surface area contributed by atoms with E-state index in [1.54, 1.807) is 11.8 Å². The molecule has 0 radical (unpaired) electrons. The van der Waals surface area contributed by atoms with Gasteiger partial charge in [-0.1, -0.05) is 110 Å². The van der Waals surface area contributed by atoms with Gasteiger partial charge in [-0.3, -0.25) is 0 Å². The quantitative estimate of drug-likeness (QED) is 0.0624. The summed E-state index contributed by atoms with van der Waals surface area (Å²) in [6, 6.07) is 44.3. The van der Waals surface area contributed by atoms with E-state index in [2.05, 4.69) is 101 Å². The Morgan fingerprint density at radius 1 is 0.413 bits per heavy atom. The van der Waals surface area contributed by atoms with Crippen molar-refractivity contribution in [3.8, 4) is 0 Å². The van der Waals surface area contributed by atoms with E-state index in [0.717, 1.165) is 77.5 Å². The number of hydrogen-bond donors (Lipinski definition) is 0. The predicted octanol–water partition coefficient (Wildman–Crippen LogP) is 14.0. The summed E-state index contributed by atoms with van der Waals surface area (Å²) in [4.78, 5) is 23.9. The molecule has 0 spiro atoms. The Bertz CT molecular complexity index is 2720. The van der Waals surface area contributed by atoms with Gasteiger partial charge in [-0.15, -0.1) is 0 Å². The minimum atomic E-state index is -0.907. The van der Waals surface area contributed by atoms with Gasteiger partial charge in [0.2, 0.25) is 0 Å². The van der Waals surface area contributed by atoms with Crippen molar-refractivity contribution in [1.29, 1.82) is 0 Å². The summed E-state index contributed by atoms with van der Waals surface area (Å²) in [6.45, 7) is 0.879. The molecule has 19 heteroatoms. The first-order chi connectivity index (χ1) is 31.0. The van der Waals surface area contributed by atoms with Crippen LogP contribution in [0.5, 0.6) is 0 Å². The lowest BCUT2D eigenvalue weighted by molar-refractivity contribution is 0.530. The van der Waals surface area contributed by atoms with Gasteiger partial charge in [0.15, 0.2) is 0 Å². The number of hydrogen-bond acceptors (Lipinski definition) is 9. The van der Waals surface area contributed by atoms with Gasteiger partial charge < -0.3 is 14.7 Å². The highest BCUT2D eigenvalue weighted by atomic mass is 32.2. The summed E-state index contributed by atoms with van der Waals surface area (Å²) in [5, 5.41) is 20.0. The zero-order valence-corrected chi connectivity index (χ0v) is 34.2. The molecule has 0 atom stereocenters. The van der Waals surface area contributed by atoms with Crippen molar-refractivity contribution in [3.05, 3.63) is 208 Å². The molecule has 0 aliphatic carbocycles. The lowest BCUT2D eigenvalue weighted by Gasteiger charge is -2.45. The van der Waals surface area contributed by atoms with Crippen molar-refractivity contribution < 1.29 is 0 Å². The fourth-order valence-electron chi connectivity index (χ4n) is 9.36. The molecule has 0 aromatic heterocycles. The predicted molar refractivity (Wildman–Crippen MR) is 245 cm³/mol. The van der Waals surface area contributed by atoms with Gasteiger partial charge in [-0.05, 0) is 111 Å². The molecule has 18 nitrogen and oxygen atoms in total. The van der Waals surface area contributed by atoms with Gasteiger partial charge in [-0.2, -0.15) is 0 Å². The number of fused-ring (bicyclic) bond motifs is 6. The summed E-state index contributed by atoms with van der Waals surface area (Å²) >= 11 is 1.63. The molecule has 0 amide bonds. The summed E-state index contributed by atoms with van der Waals surface area (Å²) in [7, 11) is 0. The molecular formula is C44H34N18S. The molecule has 6 aromatic rings. The molecule has 0 N–H and O–H groups in total. The van der Waals surface area contributed by atoms with Crippen molar-refractivity contribution in [2.75, 3.05) is 54.0 Å². The Balaban J connectivity index is 1.18. The first-order valence-electron chi connectivity index (χ1n) is 19.8. The van der Waals surface area contributed by atoms with Gasteiger partial charge in [0, 0.05) is 95.8 Å². The zero-order valence-electron chi connectivity index (χ0n) is 33.4. The second kappa shape index (κ2) is 16.9. The van der Waals surface area contributed by atoms with E-state index in [1.165, 1.54) is 0 Å². The lowest BCUT2D eigenvalue weighted by Crippen LogP contribution is -2.40. The van der Waals surface area contributed by atoms with Crippen LogP contribution in [0.1, 0.15) is 22.3 Å². The maximum absolute atomic E-state index is 9.47. The van der Waals surface area contributed by atoms with E-state index in [-0.39, 0.29) is 32.7 Å². The number of rotatable bonds is 13. The molecule has 3 aliphatic rings. The molecule has 306 valence electrons. The Morgan fingerprint density at radius 2 is 0.746 bits per heavy atom. The average molecular weight is 847 g/mol. The molecule has 6 aromatic carbocycles. The first kappa shape index (κ1) is 40.0. The van der Waals surface area contributed by atoms with Crippen LogP contribution in [0.25, 0.3) is 52.2 Å². The molecule has 9 rings (SSSR count). The molecule has 0 saturated heterocycles. The molecular weight excluding hydrogens is 813 g/mol. The van der Waals surface area contributed by atoms with Crippen LogP contribution in [0.3, 0.4) is 0 Å². The zero-order chi connectivity index (χ0) is 43.4. The monoisotopic (exact) mass is 846 g/mol. The van der Waals surface area contributed by atoms with Gasteiger partial charge in [-0.25, -0.2) is 0 Å². The summed E-state index contributed by atoms with van der Waals surface area (Å²) in [5.41, 5.74) is 55.9. The highest BCUT2D eigenvalue weighted by Gasteiger charge is 2.45. The van der Waals surface area contributed by atoms with E-state index in [9.17, 15) is 27.7 Å². The third-order valence-electron chi connectivity index (χ3n) is 11.9. The molecule has 3 heterocycles. The SMILES string of the molecule is [N-]=[N+]=NCCN1c2ccc(N3c4ccccc4C(CN=[N+]=[N-])(CN=[N+]=[N-])c4ccccc43)cc2Sc2cc(N3c4ccccc4C(CN=[N+]=[N-])(CN=[N+]=[N-])c4ccccc43)ccc21. The van der Waals surface area contributed by atoms with E-state index >= 15 is 0 Å². The second-order valence-electron chi connectivity index (χ2n) is 15.0. The third-order valence-corrected chi connectivity index (χ3v) is 13.0. The van der Waals surface area contributed by atoms with Gasteiger partial charge >= 0.3 is 0 Å². The fourth-order valence-corrected chi connectivity index (χ4v) is 10.5. The van der Waals surface area contributed by atoms with Crippen molar-refractivity contribution in [2.45, 2.75) is 20.6 Å². The van der Waals surface area contributed by atoms with Gasteiger partial charge in [0.25, 0.3) is 0 Å². The van der Waals surface area contributed by atoms with Crippen LogP contribution in [0.2, 0.25) is 0 Å². The van der Waals surface area contributed by atoms with Crippen LogP contribution in [-0.2, 0) is 10.8 Å². The Labute approximate surface area is 364 Å². The Hall–Kier alpha value is -8.38. The van der Waals surface area contributed by atoms with Crippen LogP contribution < -0.4 is 14.7 Å². The first-order valence-corrected chi connectivity index (χ1v) is 20.6. The number of benzene rings is 6. The lowest BCUT2D eigenvalue weighted by atomic mass is 9.70. The minimum absolute atomic E-state index is 0.0538. The standard InChI is InChI=1S/C44H34N18S/c45-55-50-21-22-60-39-19-17-29(61-35-13-5-1-9-31(35)43(25-51-56-46,26-52-57-47)32-10-2-6-14-36(32)61)23-41(39)63-42-24-30(18-20-40(42)60)62-37-15-7-3-11-33(37)44(27-53-58-48,28-54-59-49)34-12-4-8-16-38(34)62/h1-20,23-24H,21-22,25-28H2. The van der Waals surface area contributed by atoms with E-state index < -0.39 is 10.8 Å². The smallest absolute Gasteiger partial charge is 0.0554 e. The molecule has 63 heavy (non-hydrogen) atoms. The van der Waals surface area contributed by atoms with Crippen LogP contribution >= 0.6 is 11.8 Å². The Kier molecular flexibility index (Phi) is 10.8. The maximum atomic E-state index is 9.47. The van der Waals surface area contributed by atoms with Crippen molar-refractivity contribution >= 4 is 57.3 Å². The van der Waals surface area contributed by atoms with Gasteiger partial charge in [0.1, 0.15) is 0 Å². The second-order valence-corrected chi connectivity index (χ2v) is 16.1. The van der Waals surface area contributed by atoms with E-state index in [0.29, 0.717) is 6.54 Å². The number of azide groups is 5. The highest BCUT2D eigenvalue weighted by molar-refractivity contribution is 7.99. The molecule has 0 unspecified atom stereocenters. The summed E-state index contributed by atoms with van der Waals surface area (Å²) in [6.07, 6.45) is 0.